The first kappa shape index (κ1) is 14.5. The largest absolute Gasteiger partial charge is 0.489 e. The summed E-state index contributed by atoms with van der Waals surface area (Å²) in [6.07, 6.45) is 0. The fourth-order valence-corrected chi connectivity index (χ4v) is 2.09. The molecule has 0 heterocycles. The number of hydrogen-bond acceptors (Lipinski definition) is 2. The predicted molar refractivity (Wildman–Crippen MR) is 79.3 cm³/mol. The summed E-state index contributed by atoms with van der Waals surface area (Å²) < 4.78 is 19.1. The third-order valence-corrected chi connectivity index (χ3v) is 3.35. The molecule has 0 fully saturated rings. The summed E-state index contributed by atoms with van der Waals surface area (Å²) in [6.45, 7) is 6.21. The Morgan fingerprint density at radius 2 is 1.90 bits per heavy atom. The first-order chi connectivity index (χ1) is 9.47. The fourth-order valence-electron chi connectivity index (χ4n) is 2.09. The van der Waals surface area contributed by atoms with E-state index in [1.165, 1.54) is 12.1 Å². The van der Waals surface area contributed by atoms with Crippen LogP contribution in [0.25, 0.3) is 0 Å². The predicted octanol–water partition coefficient (Wildman–Crippen LogP) is 4.04. The molecular formula is C17H20FNO. The van der Waals surface area contributed by atoms with E-state index in [4.69, 9.17) is 10.5 Å². The summed E-state index contributed by atoms with van der Waals surface area (Å²) >= 11 is 0. The second-order valence-corrected chi connectivity index (χ2v) is 5.19. The molecule has 2 N–H and O–H groups in total. The van der Waals surface area contributed by atoms with E-state index in [2.05, 4.69) is 0 Å². The van der Waals surface area contributed by atoms with E-state index in [1.807, 2.05) is 39.0 Å². The zero-order valence-electron chi connectivity index (χ0n) is 12.1. The Hall–Kier alpha value is -1.87. The van der Waals surface area contributed by atoms with Crippen LogP contribution in [0.2, 0.25) is 0 Å². The molecule has 0 bridgehead atoms. The maximum Gasteiger partial charge on any atom is 0.124 e. The molecule has 0 saturated heterocycles. The van der Waals surface area contributed by atoms with Gasteiger partial charge in [0, 0.05) is 11.6 Å². The summed E-state index contributed by atoms with van der Waals surface area (Å²) in [4.78, 5) is 0. The average molecular weight is 273 g/mol. The molecular weight excluding hydrogens is 253 g/mol. The van der Waals surface area contributed by atoms with Gasteiger partial charge in [-0.15, -0.1) is 0 Å². The van der Waals surface area contributed by atoms with Gasteiger partial charge in [0.25, 0.3) is 0 Å². The van der Waals surface area contributed by atoms with Gasteiger partial charge in [0.1, 0.15) is 18.2 Å². The Labute approximate surface area is 119 Å². The van der Waals surface area contributed by atoms with Crippen molar-refractivity contribution >= 4 is 0 Å². The van der Waals surface area contributed by atoms with Gasteiger partial charge in [-0.05, 0) is 55.7 Å². The standard InChI is InChI=1S/C17H20FNO/c1-11-4-7-16(13(3)19)17(8-11)20-10-14-9-15(18)6-5-12(14)2/h4-9,13H,10,19H2,1-3H3/t13-/m1/s1. The lowest BCUT2D eigenvalue weighted by Gasteiger charge is -2.15. The summed E-state index contributed by atoms with van der Waals surface area (Å²) in [5, 5.41) is 0. The Bertz CT molecular complexity index is 608. The number of hydrogen-bond donors (Lipinski definition) is 1. The molecule has 0 aliphatic carbocycles. The molecule has 2 nitrogen and oxygen atoms in total. The molecule has 0 unspecified atom stereocenters. The fraction of sp³-hybridized carbons (Fsp3) is 0.294. The van der Waals surface area contributed by atoms with Crippen LogP contribution in [0.4, 0.5) is 4.39 Å². The van der Waals surface area contributed by atoms with Crippen LogP contribution in [-0.2, 0) is 6.61 Å². The van der Waals surface area contributed by atoms with Crippen LogP contribution in [0.15, 0.2) is 36.4 Å². The topological polar surface area (TPSA) is 35.2 Å². The lowest BCUT2D eigenvalue weighted by Crippen LogP contribution is -2.08. The van der Waals surface area contributed by atoms with E-state index >= 15 is 0 Å². The number of ether oxygens (including phenoxy) is 1. The van der Waals surface area contributed by atoms with E-state index in [-0.39, 0.29) is 11.9 Å². The maximum absolute atomic E-state index is 13.3. The molecule has 0 aromatic heterocycles. The van der Waals surface area contributed by atoms with Crippen molar-refractivity contribution in [3.05, 3.63) is 64.5 Å². The van der Waals surface area contributed by atoms with E-state index in [1.54, 1.807) is 6.07 Å². The van der Waals surface area contributed by atoms with Crippen LogP contribution in [-0.4, -0.2) is 0 Å². The molecule has 0 amide bonds. The molecule has 20 heavy (non-hydrogen) atoms. The first-order valence-corrected chi connectivity index (χ1v) is 6.71. The molecule has 2 rings (SSSR count). The summed E-state index contributed by atoms with van der Waals surface area (Å²) in [5.41, 5.74) is 9.89. The minimum atomic E-state index is -0.245. The van der Waals surface area contributed by atoms with Crippen molar-refractivity contribution in [2.45, 2.75) is 33.4 Å². The Kier molecular flexibility index (Phi) is 4.40. The van der Waals surface area contributed by atoms with E-state index in [0.29, 0.717) is 6.61 Å². The minimum Gasteiger partial charge on any atom is -0.489 e. The molecule has 106 valence electrons. The number of aryl methyl sites for hydroxylation is 2. The van der Waals surface area contributed by atoms with Gasteiger partial charge >= 0.3 is 0 Å². The molecule has 0 saturated carbocycles. The molecule has 2 aromatic carbocycles. The summed E-state index contributed by atoms with van der Waals surface area (Å²) in [6, 6.07) is 10.6. The molecule has 0 aliphatic heterocycles. The molecule has 0 radical (unpaired) electrons. The van der Waals surface area contributed by atoms with Crippen LogP contribution in [0.5, 0.6) is 5.75 Å². The molecule has 0 spiro atoms. The third-order valence-electron chi connectivity index (χ3n) is 3.35. The number of halogens is 1. The average Bonchev–Trinajstić information content (AvgIpc) is 2.39. The van der Waals surface area contributed by atoms with Gasteiger partial charge in [-0.2, -0.15) is 0 Å². The van der Waals surface area contributed by atoms with Gasteiger partial charge in [0.05, 0.1) is 0 Å². The minimum absolute atomic E-state index is 0.0980. The highest BCUT2D eigenvalue weighted by Crippen LogP contribution is 2.26. The normalized spacial score (nSPS) is 12.2. The Morgan fingerprint density at radius 3 is 2.60 bits per heavy atom. The van der Waals surface area contributed by atoms with Crippen molar-refractivity contribution in [2.75, 3.05) is 0 Å². The second-order valence-electron chi connectivity index (χ2n) is 5.19. The second kappa shape index (κ2) is 6.06. The molecule has 3 heteroatoms. The SMILES string of the molecule is Cc1ccc([C@@H](C)N)c(OCc2cc(F)ccc2C)c1. The summed E-state index contributed by atoms with van der Waals surface area (Å²) in [7, 11) is 0. The Morgan fingerprint density at radius 1 is 1.15 bits per heavy atom. The van der Waals surface area contributed by atoms with Crippen LogP contribution < -0.4 is 10.5 Å². The quantitative estimate of drug-likeness (QED) is 0.912. The van der Waals surface area contributed by atoms with Gasteiger partial charge in [0.2, 0.25) is 0 Å². The van der Waals surface area contributed by atoms with Crippen LogP contribution in [0.3, 0.4) is 0 Å². The van der Waals surface area contributed by atoms with E-state index in [9.17, 15) is 4.39 Å². The smallest absolute Gasteiger partial charge is 0.124 e. The summed E-state index contributed by atoms with van der Waals surface area (Å²) in [5.74, 6) is 0.523. The third kappa shape index (κ3) is 3.36. The molecule has 0 aliphatic rings. The van der Waals surface area contributed by atoms with Crippen molar-refractivity contribution in [1.82, 2.24) is 0 Å². The molecule has 1 atom stereocenters. The lowest BCUT2D eigenvalue weighted by molar-refractivity contribution is 0.300. The van der Waals surface area contributed by atoms with E-state index < -0.39 is 0 Å². The van der Waals surface area contributed by atoms with Crippen molar-refractivity contribution in [2.24, 2.45) is 5.73 Å². The van der Waals surface area contributed by atoms with Crippen LogP contribution in [0.1, 0.15) is 35.2 Å². The van der Waals surface area contributed by atoms with Gasteiger partial charge in [-0.25, -0.2) is 4.39 Å². The number of nitrogens with two attached hydrogens (primary N) is 1. The number of benzene rings is 2. The van der Waals surface area contributed by atoms with E-state index in [0.717, 1.165) is 28.0 Å². The highest BCUT2D eigenvalue weighted by Gasteiger charge is 2.09. The van der Waals surface area contributed by atoms with Gasteiger partial charge in [-0.1, -0.05) is 18.2 Å². The highest BCUT2D eigenvalue weighted by atomic mass is 19.1. The monoisotopic (exact) mass is 273 g/mol. The highest BCUT2D eigenvalue weighted by molar-refractivity contribution is 5.39. The van der Waals surface area contributed by atoms with Gasteiger partial charge < -0.3 is 10.5 Å². The Balaban J connectivity index is 2.22. The van der Waals surface area contributed by atoms with Gasteiger partial charge in [-0.3, -0.25) is 0 Å². The van der Waals surface area contributed by atoms with Gasteiger partial charge in [0.15, 0.2) is 0 Å². The lowest BCUT2D eigenvalue weighted by atomic mass is 10.1. The van der Waals surface area contributed by atoms with Crippen molar-refractivity contribution < 1.29 is 9.13 Å². The number of rotatable bonds is 4. The van der Waals surface area contributed by atoms with Crippen molar-refractivity contribution in [1.29, 1.82) is 0 Å². The zero-order valence-corrected chi connectivity index (χ0v) is 12.1. The zero-order chi connectivity index (χ0) is 14.7. The van der Waals surface area contributed by atoms with Crippen molar-refractivity contribution in [3.8, 4) is 5.75 Å². The van der Waals surface area contributed by atoms with Crippen LogP contribution in [0, 0.1) is 19.7 Å². The molecule has 2 aromatic rings. The van der Waals surface area contributed by atoms with Crippen molar-refractivity contribution in [3.63, 3.8) is 0 Å². The maximum atomic E-state index is 13.3. The van der Waals surface area contributed by atoms with Crippen LogP contribution >= 0.6 is 0 Å². The first-order valence-electron chi connectivity index (χ1n) is 6.71.